The molecule has 0 atom stereocenters. The topological polar surface area (TPSA) is 50.8 Å². The molecule has 1 N–H and O–H groups in total. The van der Waals surface area contributed by atoms with Crippen molar-refractivity contribution in [2.45, 2.75) is 45.8 Å². The average Bonchev–Trinajstić information content (AvgIpc) is 2.52. The van der Waals surface area contributed by atoms with Crippen LogP contribution in [0.4, 0.5) is 4.79 Å². The van der Waals surface area contributed by atoms with Crippen molar-refractivity contribution in [3.63, 3.8) is 0 Å². The number of rotatable bonds is 6. The largest absolute Gasteiger partial charge is 0.494 e. The molecule has 1 aliphatic heterocycles. The summed E-state index contributed by atoms with van der Waals surface area (Å²) in [4.78, 5) is 14.1. The zero-order valence-corrected chi connectivity index (χ0v) is 14.4. The van der Waals surface area contributed by atoms with Gasteiger partial charge in [0.15, 0.2) is 0 Å². The third-order valence-corrected chi connectivity index (χ3v) is 3.82. The molecule has 0 bridgehead atoms. The number of amides is 2. The number of nitrogens with one attached hydrogen (secondary N) is 1. The summed E-state index contributed by atoms with van der Waals surface area (Å²) < 4.78 is 11.3. The molecule has 2 amide bonds. The predicted molar refractivity (Wildman–Crippen MR) is 90.7 cm³/mol. The number of morpholine rings is 1. The first kappa shape index (κ1) is 17.6. The summed E-state index contributed by atoms with van der Waals surface area (Å²) in [5.74, 6) is 0.859. The Morgan fingerprint density at radius 3 is 3.00 bits per heavy atom. The first-order chi connectivity index (χ1) is 11.0. The second-order valence-corrected chi connectivity index (χ2v) is 6.54. The van der Waals surface area contributed by atoms with Gasteiger partial charge < -0.3 is 19.7 Å². The van der Waals surface area contributed by atoms with E-state index in [4.69, 9.17) is 9.47 Å². The molecular formula is C18H28N2O3. The molecule has 0 radical (unpaired) electrons. The summed E-state index contributed by atoms with van der Waals surface area (Å²) >= 11 is 0. The minimum Gasteiger partial charge on any atom is -0.494 e. The van der Waals surface area contributed by atoms with Crippen LogP contribution >= 0.6 is 0 Å². The zero-order valence-electron chi connectivity index (χ0n) is 14.4. The maximum Gasteiger partial charge on any atom is 0.317 e. The first-order valence-corrected chi connectivity index (χ1v) is 8.38. The minimum absolute atomic E-state index is 0.0429. The standard InChI is InChI=1S/C18H28N2O3/c1-4-5-10-22-16-8-6-7-15(12-16)13-19-17(21)20-9-11-23-18(2,3)14-20/h6-8,12H,4-5,9-11,13-14H2,1-3H3,(H,19,21). The van der Waals surface area contributed by atoms with E-state index in [2.05, 4.69) is 12.2 Å². The highest BCUT2D eigenvalue weighted by molar-refractivity contribution is 5.74. The summed E-state index contributed by atoms with van der Waals surface area (Å²) in [5.41, 5.74) is 0.766. The van der Waals surface area contributed by atoms with Crippen molar-refractivity contribution in [2.75, 3.05) is 26.3 Å². The van der Waals surface area contributed by atoms with Crippen LogP contribution in [-0.4, -0.2) is 42.8 Å². The Balaban J connectivity index is 1.83. The smallest absolute Gasteiger partial charge is 0.317 e. The number of nitrogens with zero attached hydrogens (tertiary/aromatic N) is 1. The van der Waals surface area contributed by atoms with Gasteiger partial charge in [0.1, 0.15) is 5.75 Å². The Kier molecular flexibility index (Phi) is 6.28. The van der Waals surface area contributed by atoms with Crippen molar-refractivity contribution in [3.05, 3.63) is 29.8 Å². The van der Waals surface area contributed by atoms with Gasteiger partial charge in [-0.2, -0.15) is 0 Å². The van der Waals surface area contributed by atoms with Crippen LogP contribution in [-0.2, 0) is 11.3 Å². The van der Waals surface area contributed by atoms with Crippen LogP contribution in [0.1, 0.15) is 39.2 Å². The Morgan fingerprint density at radius 2 is 2.26 bits per heavy atom. The lowest BCUT2D eigenvalue weighted by Crippen LogP contribution is -2.53. The van der Waals surface area contributed by atoms with Crippen LogP contribution < -0.4 is 10.1 Å². The molecule has 1 aromatic carbocycles. The van der Waals surface area contributed by atoms with Crippen LogP contribution in [0, 0.1) is 0 Å². The molecule has 0 saturated carbocycles. The molecule has 2 rings (SSSR count). The molecule has 5 heteroatoms. The van der Waals surface area contributed by atoms with Gasteiger partial charge in [-0.3, -0.25) is 0 Å². The van der Waals surface area contributed by atoms with Gasteiger partial charge in [0, 0.05) is 13.1 Å². The van der Waals surface area contributed by atoms with Crippen molar-refractivity contribution < 1.29 is 14.3 Å². The Morgan fingerprint density at radius 1 is 1.43 bits per heavy atom. The van der Waals surface area contributed by atoms with Gasteiger partial charge in [-0.05, 0) is 38.0 Å². The van der Waals surface area contributed by atoms with E-state index in [0.29, 0.717) is 26.2 Å². The monoisotopic (exact) mass is 320 g/mol. The molecule has 0 aromatic heterocycles. The number of carbonyl (C=O) groups excluding carboxylic acids is 1. The number of unbranched alkanes of at least 4 members (excludes halogenated alkanes) is 1. The van der Waals surface area contributed by atoms with Crippen molar-refractivity contribution in [1.29, 1.82) is 0 Å². The fourth-order valence-electron chi connectivity index (χ4n) is 2.56. The normalized spacial score (nSPS) is 16.9. The lowest BCUT2D eigenvalue weighted by Gasteiger charge is -2.38. The quantitative estimate of drug-likeness (QED) is 0.819. The van der Waals surface area contributed by atoms with Gasteiger partial charge in [-0.1, -0.05) is 25.5 Å². The molecule has 0 aliphatic carbocycles. The van der Waals surface area contributed by atoms with E-state index >= 15 is 0 Å². The average molecular weight is 320 g/mol. The maximum atomic E-state index is 12.3. The fraction of sp³-hybridized carbons (Fsp3) is 0.611. The summed E-state index contributed by atoms with van der Waals surface area (Å²) in [7, 11) is 0. The second kappa shape index (κ2) is 8.20. The third kappa shape index (κ3) is 5.75. The van der Waals surface area contributed by atoms with E-state index in [9.17, 15) is 4.79 Å². The fourth-order valence-corrected chi connectivity index (χ4v) is 2.56. The second-order valence-electron chi connectivity index (χ2n) is 6.54. The molecule has 0 unspecified atom stereocenters. The van der Waals surface area contributed by atoms with Gasteiger partial charge in [-0.15, -0.1) is 0 Å². The molecule has 1 aromatic rings. The number of carbonyl (C=O) groups is 1. The van der Waals surface area contributed by atoms with Crippen LogP contribution in [0.2, 0.25) is 0 Å². The SMILES string of the molecule is CCCCOc1cccc(CNC(=O)N2CCOC(C)(C)C2)c1. The molecule has 0 spiro atoms. The van der Waals surface area contributed by atoms with Gasteiger partial charge >= 0.3 is 6.03 Å². The van der Waals surface area contributed by atoms with Crippen LogP contribution in [0.3, 0.4) is 0 Å². The lowest BCUT2D eigenvalue weighted by molar-refractivity contribution is -0.0733. The van der Waals surface area contributed by atoms with Crippen LogP contribution in [0.15, 0.2) is 24.3 Å². The minimum atomic E-state index is -0.275. The molecule has 128 valence electrons. The summed E-state index contributed by atoms with van der Waals surface area (Å²) in [6.45, 7) is 9.21. The molecular weight excluding hydrogens is 292 g/mol. The van der Waals surface area contributed by atoms with Gasteiger partial charge in [0.2, 0.25) is 0 Å². The third-order valence-electron chi connectivity index (χ3n) is 3.82. The highest BCUT2D eigenvalue weighted by Gasteiger charge is 2.29. The van der Waals surface area contributed by atoms with E-state index in [-0.39, 0.29) is 11.6 Å². The summed E-state index contributed by atoms with van der Waals surface area (Å²) in [5, 5.41) is 2.98. The number of urea groups is 1. The maximum absolute atomic E-state index is 12.3. The molecule has 1 heterocycles. The predicted octanol–water partition coefficient (Wildman–Crippen LogP) is 3.19. The highest BCUT2D eigenvalue weighted by Crippen LogP contribution is 2.17. The molecule has 1 fully saturated rings. The first-order valence-electron chi connectivity index (χ1n) is 8.38. The van der Waals surface area contributed by atoms with Crippen molar-refractivity contribution in [3.8, 4) is 5.75 Å². The van der Waals surface area contributed by atoms with Gasteiger partial charge in [-0.25, -0.2) is 4.79 Å². The number of hydrogen-bond acceptors (Lipinski definition) is 3. The molecule has 23 heavy (non-hydrogen) atoms. The van der Waals surface area contributed by atoms with Gasteiger partial charge in [0.05, 0.1) is 25.4 Å². The van der Waals surface area contributed by atoms with E-state index in [1.54, 1.807) is 0 Å². The summed E-state index contributed by atoms with van der Waals surface area (Å²) in [6.07, 6.45) is 2.17. The Hall–Kier alpha value is -1.75. The van der Waals surface area contributed by atoms with E-state index < -0.39 is 0 Å². The summed E-state index contributed by atoms with van der Waals surface area (Å²) in [6, 6.07) is 7.85. The van der Waals surface area contributed by atoms with E-state index in [1.807, 2.05) is 43.0 Å². The molecule has 5 nitrogen and oxygen atoms in total. The number of benzene rings is 1. The Labute approximate surface area is 139 Å². The van der Waals surface area contributed by atoms with Crippen molar-refractivity contribution in [2.24, 2.45) is 0 Å². The molecule has 1 saturated heterocycles. The van der Waals surface area contributed by atoms with E-state index in [1.165, 1.54) is 0 Å². The van der Waals surface area contributed by atoms with E-state index in [0.717, 1.165) is 30.8 Å². The van der Waals surface area contributed by atoms with Crippen molar-refractivity contribution >= 4 is 6.03 Å². The lowest BCUT2D eigenvalue weighted by atomic mass is 10.1. The zero-order chi connectivity index (χ0) is 16.7. The van der Waals surface area contributed by atoms with Crippen molar-refractivity contribution in [1.82, 2.24) is 10.2 Å². The number of hydrogen-bond donors (Lipinski definition) is 1. The molecule has 1 aliphatic rings. The van der Waals surface area contributed by atoms with Gasteiger partial charge in [0.25, 0.3) is 0 Å². The highest BCUT2D eigenvalue weighted by atomic mass is 16.5. The Bertz CT molecular complexity index is 517. The number of ether oxygens (including phenoxy) is 2. The van der Waals surface area contributed by atoms with Crippen LogP contribution in [0.25, 0.3) is 0 Å². The van der Waals surface area contributed by atoms with Crippen LogP contribution in [0.5, 0.6) is 5.75 Å².